The van der Waals surface area contributed by atoms with Crippen molar-refractivity contribution in [2.75, 3.05) is 7.11 Å². The van der Waals surface area contributed by atoms with Gasteiger partial charge in [0.05, 0.1) is 13.5 Å². The van der Waals surface area contributed by atoms with E-state index in [1.807, 2.05) is 0 Å². The van der Waals surface area contributed by atoms with Crippen molar-refractivity contribution in [1.29, 1.82) is 0 Å². The quantitative estimate of drug-likeness (QED) is 0.523. The first-order valence-electron chi connectivity index (χ1n) is 4.59. The summed E-state index contributed by atoms with van der Waals surface area (Å²) in [6, 6.07) is 0. The Kier molecular flexibility index (Phi) is 12.5. The van der Waals surface area contributed by atoms with Gasteiger partial charge in [0.2, 0.25) is 0 Å². The van der Waals surface area contributed by atoms with Crippen LogP contribution in [0.5, 0.6) is 0 Å². The summed E-state index contributed by atoms with van der Waals surface area (Å²) in [7, 11) is 1.18. The third-order valence-corrected chi connectivity index (χ3v) is 1.68. The number of carbonyl (C=O) groups is 4. The van der Waals surface area contributed by atoms with Gasteiger partial charge in [0, 0.05) is 12.2 Å². The summed E-state index contributed by atoms with van der Waals surface area (Å²) < 4.78 is 11.3. The van der Waals surface area contributed by atoms with Crippen molar-refractivity contribution in [3.63, 3.8) is 0 Å². The van der Waals surface area contributed by atoms with Crippen LogP contribution in [0.15, 0.2) is 12.2 Å². The Labute approximate surface area is 123 Å². The maximum Gasteiger partial charge on any atom is 0.353 e. The topological polar surface area (TPSA) is 136 Å². The van der Waals surface area contributed by atoms with Gasteiger partial charge in [-0.05, 0) is 0 Å². The molecule has 0 aliphatic heterocycles. The molecule has 1 unspecified atom stereocenters. The van der Waals surface area contributed by atoms with Gasteiger partial charge in [0.1, 0.15) is 23.7 Å². The number of ether oxygens (including phenoxy) is 1. The highest BCUT2D eigenvalue weighted by atomic mass is 35.5. The SMILES string of the molecule is COC(=O)/C=C/C(=O)O.O=C(CC(O)C(=O)OCl)OCl. The molecule has 0 bridgehead atoms. The van der Waals surface area contributed by atoms with E-state index >= 15 is 0 Å². The van der Waals surface area contributed by atoms with E-state index < -0.39 is 36.4 Å². The van der Waals surface area contributed by atoms with Gasteiger partial charge in [-0.3, -0.25) is 4.79 Å². The van der Waals surface area contributed by atoms with Gasteiger partial charge in [-0.2, -0.15) is 0 Å². The molecule has 0 spiro atoms. The van der Waals surface area contributed by atoms with Crippen molar-refractivity contribution in [2.45, 2.75) is 12.5 Å². The molecule has 0 radical (unpaired) electrons. The molecule has 20 heavy (non-hydrogen) atoms. The number of hydrogen-bond acceptors (Lipinski definition) is 8. The highest BCUT2D eigenvalue weighted by Gasteiger charge is 2.21. The summed E-state index contributed by atoms with van der Waals surface area (Å²) in [5, 5.41) is 16.7. The molecule has 2 N–H and O–H groups in total. The molecule has 114 valence electrons. The fraction of sp³-hybridized carbons (Fsp3) is 0.333. The molecule has 0 aromatic carbocycles. The maximum atomic E-state index is 10.3. The lowest BCUT2D eigenvalue weighted by molar-refractivity contribution is -0.149. The molecule has 0 aliphatic rings. The average Bonchev–Trinajstić information content (AvgIpc) is 2.43. The first kappa shape index (κ1) is 20.5. The zero-order valence-corrected chi connectivity index (χ0v) is 11.5. The van der Waals surface area contributed by atoms with Gasteiger partial charge < -0.3 is 23.5 Å². The van der Waals surface area contributed by atoms with E-state index in [1.165, 1.54) is 7.11 Å². The van der Waals surface area contributed by atoms with E-state index in [1.54, 1.807) is 0 Å². The van der Waals surface area contributed by atoms with Gasteiger partial charge in [-0.1, -0.05) is 0 Å². The first-order valence-corrected chi connectivity index (χ1v) is 5.21. The minimum atomic E-state index is -1.64. The summed E-state index contributed by atoms with van der Waals surface area (Å²) in [5.41, 5.74) is 0. The minimum Gasteiger partial charge on any atom is -0.478 e. The number of halogens is 2. The number of esters is 1. The van der Waals surface area contributed by atoms with E-state index in [9.17, 15) is 19.2 Å². The van der Waals surface area contributed by atoms with Crippen molar-refractivity contribution >= 4 is 47.6 Å². The summed E-state index contributed by atoms with van der Waals surface area (Å²) in [4.78, 5) is 40.5. The maximum absolute atomic E-state index is 10.3. The molecule has 0 aromatic rings. The number of aliphatic hydroxyl groups excluding tert-OH is 1. The zero-order chi connectivity index (χ0) is 16.1. The second kappa shape index (κ2) is 12.2. The predicted octanol–water partition coefficient (Wildman–Crippen LogP) is -0.0684. The van der Waals surface area contributed by atoms with E-state index in [0.29, 0.717) is 6.08 Å². The standard InChI is InChI=1S/C5H6O4.C4H4Cl2O5/c1-9-5(8)3-2-4(6)7;5-10-3(8)1-2(7)4(9)11-6/h2-3H,1H3,(H,6,7);2,7H,1H2/b3-2+;. The zero-order valence-electron chi connectivity index (χ0n) is 9.95. The van der Waals surface area contributed by atoms with E-state index in [-0.39, 0.29) is 0 Å². The molecule has 11 heteroatoms. The monoisotopic (exact) mass is 332 g/mol. The van der Waals surface area contributed by atoms with Gasteiger partial charge in [-0.15, -0.1) is 0 Å². The molecular weight excluding hydrogens is 323 g/mol. The van der Waals surface area contributed by atoms with Gasteiger partial charge >= 0.3 is 23.9 Å². The Morgan fingerprint density at radius 3 is 2.05 bits per heavy atom. The molecule has 0 aromatic heterocycles. The molecule has 0 saturated carbocycles. The third-order valence-electron chi connectivity index (χ3n) is 1.36. The summed E-state index contributed by atoms with van der Waals surface area (Å²) >= 11 is 9.18. The van der Waals surface area contributed by atoms with Crippen molar-refractivity contribution < 1.29 is 42.7 Å². The van der Waals surface area contributed by atoms with Crippen LogP contribution in [0, 0.1) is 0 Å². The number of carboxylic acids is 1. The van der Waals surface area contributed by atoms with Crippen molar-refractivity contribution in [3.05, 3.63) is 12.2 Å². The number of carbonyl (C=O) groups excluding carboxylic acids is 3. The molecule has 0 heterocycles. The summed E-state index contributed by atoms with van der Waals surface area (Å²) in [6.07, 6.45) is -0.679. The highest BCUT2D eigenvalue weighted by molar-refractivity contribution is 6.14. The highest BCUT2D eigenvalue weighted by Crippen LogP contribution is 1.99. The number of aliphatic carboxylic acids is 1. The van der Waals surface area contributed by atoms with Crippen molar-refractivity contribution in [1.82, 2.24) is 0 Å². The van der Waals surface area contributed by atoms with Crippen molar-refractivity contribution in [3.8, 4) is 0 Å². The Morgan fingerprint density at radius 1 is 1.15 bits per heavy atom. The van der Waals surface area contributed by atoms with Crippen LogP contribution in [0.1, 0.15) is 6.42 Å². The van der Waals surface area contributed by atoms with Gasteiger partial charge in [0.15, 0.2) is 6.10 Å². The third kappa shape index (κ3) is 12.6. The Hall–Kier alpha value is -1.84. The second-order valence-electron chi connectivity index (χ2n) is 2.76. The lowest BCUT2D eigenvalue weighted by Crippen LogP contribution is -2.23. The molecule has 0 saturated heterocycles. The lowest BCUT2D eigenvalue weighted by atomic mass is 10.3. The normalized spacial score (nSPS) is 10.8. The molecule has 0 rings (SSSR count). The molecule has 0 amide bonds. The van der Waals surface area contributed by atoms with Crippen LogP contribution >= 0.6 is 23.7 Å². The van der Waals surface area contributed by atoms with E-state index in [4.69, 9.17) is 10.2 Å². The van der Waals surface area contributed by atoms with Gasteiger partial charge in [-0.25, -0.2) is 14.4 Å². The number of carboxylic acid groups (broad SMARTS) is 1. The van der Waals surface area contributed by atoms with Crippen LogP contribution in [0.25, 0.3) is 0 Å². The number of methoxy groups -OCH3 is 1. The summed E-state index contributed by atoms with van der Waals surface area (Å²) in [6.45, 7) is 0. The van der Waals surface area contributed by atoms with Crippen LogP contribution < -0.4 is 0 Å². The van der Waals surface area contributed by atoms with Crippen LogP contribution in [0.4, 0.5) is 0 Å². The molecular formula is C9H10Cl2O9. The fourth-order valence-electron chi connectivity index (χ4n) is 0.531. The largest absolute Gasteiger partial charge is 0.478 e. The Bertz CT molecular complexity index is 380. The number of rotatable bonds is 5. The van der Waals surface area contributed by atoms with E-state index in [0.717, 1.165) is 6.08 Å². The second-order valence-corrected chi connectivity index (χ2v) is 3.07. The Balaban J connectivity index is 0. The lowest BCUT2D eigenvalue weighted by Gasteiger charge is -2.02. The predicted molar refractivity (Wildman–Crippen MR) is 63.3 cm³/mol. The number of hydrogen-bond donors (Lipinski definition) is 2. The van der Waals surface area contributed by atoms with Crippen LogP contribution in [-0.4, -0.2) is 47.3 Å². The van der Waals surface area contributed by atoms with E-state index in [2.05, 4.69) is 37.0 Å². The van der Waals surface area contributed by atoms with Gasteiger partial charge in [0.25, 0.3) is 0 Å². The fourth-order valence-corrected chi connectivity index (χ4v) is 0.697. The summed E-state index contributed by atoms with van der Waals surface area (Å²) in [5.74, 6) is -3.91. The average molecular weight is 333 g/mol. The minimum absolute atomic E-state index is 0.588. The van der Waals surface area contributed by atoms with Crippen LogP contribution in [0.3, 0.4) is 0 Å². The van der Waals surface area contributed by atoms with Crippen LogP contribution in [-0.2, 0) is 32.5 Å². The molecule has 0 fully saturated rings. The van der Waals surface area contributed by atoms with Crippen LogP contribution in [0.2, 0.25) is 0 Å². The van der Waals surface area contributed by atoms with Crippen molar-refractivity contribution in [2.24, 2.45) is 0 Å². The first-order chi connectivity index (χ1) is 9.28. The molecule has 9 nitrogen and oxygen atoms in total. The molecule has 1 atom stereocenters. The molecule has 0 aliphatic carbocycles. The number of aliphatic hydroxyl groups is 1. The smallest absolute Gasteiger partial charge is 0.353 e. The Morgan fingerprint density at radius 2 is 1.70 bits per heavy atom.